The van der Waals surface area contributed by atoms with Gasteiger partial charge in [-0.25, -0.2) is 0 Å². The summed E-state index contributed by atoms with van der Waals surface area (Å²) in [7, 11) is 3.12. The highest BCUT2D eigenvalue weighted by atomic mass is 79.9. The number of anilines is 1. The fourth-order valence-electron chi connectivity index (χ4n) is 1.88. The van der Waals surface area contributed by atoms with Gasteiger partial charge in [-0.05, 0) is 31.2 Å². The van der Waals surface area contributed by atoms with E-state index in [0.29, 0.717) is 22.9 Å². The largest absolute Gasteiger partial charge is 0.496 e. The molecule has 23 heavy (non-hydrogen) atoms. The molecule has 0 fully saturated rings. The molecule has 122 valence electrons. The Labute approximate surface area is 143 Å². The molecule has 0 saturated heterocycles. The van der Waals surface area contributed by atoms with Crippen molar-refractivity contribution in [1.82, 2.24) is 0 Å². The van der Waals surface area contributed by atoms with Crippen LogP contribution >= 0.6 is 15.9 Å². The zero-order valence-corrected chi connectivity index (χ0v) is 14.7. The summed E-state index contributed by atoms with van der Waals surface area (Å²) < 4.78 is 17.0. The van der Waals surface area contributed by atoms with Gasteiger partial charge in [0.1, 0.15) is 17.2 Å². The van der Waals surface area contributed by atoms with E-state index in [-0.39, 0.29) is 5.91 Å². The van der Waals surface area contributed by atoms with Crippen LogP contribution in [0.5, 0.6) is 17.2 Å². The van der Waals surface area contributed by atoms with Crippen molar-refractivity contribution in [2.75, 3.05) is 19.5 Å². The smallest absolute Gasteiger partial charge is 0.265 e. The molecule has 0 bridgehead atoms. The lowest BCUT2D eigenvalue weighted by Gasteiger charge is -2.16. The minimum atomic E-state index is -0.671. The van der Waals surface area contributed by atoms with Crippen LogP contribution in [0.3, 0.4) is 0 Å². The first-order valence-corrected chi connectivity index (χ1v) is 7.77. The molecule has 0 aliphatic carbocycles. The second-order valence-corrected chi connectivity index (χ2v) is 5.72. The van der Waals surface area contributed by atoms with E-state index >= 15 is 0 Å². The Morgan fingerprint density at radius 1 is 1.00 bits per heavy atom. The lowest BCUT2D eigenvalue weighted by molar-refractivity contribution is -0.122. The molecule has 6 heteroatoms. The number of amides is 1. The first-order valence-electron chi connectivity index (χ1n) is 6.98. The van der Waals surface area contributed by atoms with Gasteiger partial charge in [0.25, 0.3) is 5.91 Å². The third-order valence-electron chi connectivity index (χ3n) is 3.12. The topological polar surface area (TPSA) is 56.8 Å². The van der Waals surface area contributed by atoms with Gasteiger partial charge < -0.3 is 19.5 Å². The van der Waals surface area contributed by atoms with E-state index < -0.39 is 6.10 Å². The number of nitrogens with one attached hydrogen (secondary N) is 1. The van der Waals surface area contributed by atoms with Gasteiger partial charge in [0.2, 0.25) is 0 Å². The number of methoxy groups -OCH3 is 2. The van der Waals surface area contributed by atoms with E-state index in [1.54, 1.807) is 39.3 Å². The van der Waals surface area contributed by atoms with Gasteiger partial charge in [0.15, 0.2) is 6.10 Å². The van der Waals surface area contributed by atoms with Gasteiger partial charge in [0.05, 0.1) is 14.2 Å². The molecule has 0 aromatic heterocycles. The number of halogens is 1. The van der Waals surface area contributed by atoms with E-state index in [1.807, 2.05) is 24.3 Å². The van der Waals surface area contributed by atoms with Crippen LogP contribution in [0.25, 0.3) is 0 Å². The maximum absolute atomic E-state index is 12.2. The van der Waals surface area contributed by atoms with Crippen molar-refractivity contribution in [2.24, 2.45) is 0 Å². The van der Waals surface area contributed by atoms with Crippen LogP contribution in [0.4, 0.5) is 5.69 Å². The second-order valence-electron chi connectivity index (χ2n) is 4.80. The predicted octanol–water partition coefficient (Wildman–Crippen LogP) is 3.87. The van der Waals surface area contributed by atoms with E-state index in [1.165, 1.54) is 0 Å². The van der Waals surface area contributed by atoms with Crippen molar-refractivity contribution in [1.29, 1.82) is 0 Å². The third kappa shape index (κ3) is 4.89. The maximum atomic E-state index is 12.2. The Morgan fingerprint density at radius 2 is 1.52 bits per heavy atom. The first kappa shape index (κ1) is 17.1. The molecule has 1 atom stereocenters. The second kappa shape index (κ2) is 7.87. The number of ether oxygens (including phenoxy) is 3. The summed E-state index contributed by atoms with van der Waals surface area (Å²) >= 11 is 3.35. The number of benzene rings is 2. The van der Waals surface area contributed by atoms with Crippen LogP contribution in [0, 0.1) is 0 Å². The lowest BCUT2D eigenvalue weighted by atomic mass is 10.2. The van der Waals surface area contributed by atoms with Crippen LogP contribution in [-0.4, -0.2) is 26.2 Å². The fraction of sp³-hybridized carbons (Fsp3) is 0.235. The number of carbonyl (C=O) groups excluding carboxylic acids is 1. The minimum absolute atomic E-state index is 0.242. The summed E-state index contributed by atoms with van der Waals surface area (Å²) in [6.07, 6.45) is -0.671. The van der Waals surface area contributed by atoms with Crippen LogP contribution in [0.1, 0.15) is 6.92 Å². The molecular weight excluding hydrogens is 362 g/mol. The zero-order valence-electron chi connectivity index (χ0n) is 13.1. The number of rotatable bonds is 6. The van der Waals surface area contributed by atoms with Crippen molar-refractivity contribution in [3.63, 3.8) is 0 Å². The average molecular weight is 380 g/mol. The van der Waals surface area contributed by atoms with Crippen molar-refractivity contribution in [3.05, 3.63) is 46.9 Å². The molecule has 1 amide bonds. The number of carbonyl (C=O) groups is 1. The van der Waals surface area contributed by atoms with Gasteiger partial charge >= 0.3 is 0 Å². The van der Waals surface area contributed by atoms with E-state index in [2.05, 4.69) is 21.2 Å². The molecule has 2 rings (SSSR count). The minimum Gasteiger partial charge on any atom is -0.496 e. The van der Waals surface area contributed by atoms with Crippen molar-refractivity contribution in [3.8, 4) is 17.2 Å². The van der Waals surface area contributed by atoms with E-state index in [0.717, 1.165) is 4.47 Å². The molecule has 0 heterocycles. The molecule has 2 aromatic rings. The van der Waals surface area contributed by atoms with E-state index in [9.17, 15) is 4.79 Å². The Morgan fingerprint density at radius 3 is 2.04 bits per heavy atom. The highest BCUT2D eigenvalue weighted by Gasteiger charge is 2.16. The molecule has 0 radical (unpaired) electrons. The molecule has 0 aliphatic rings. The van der Waals surface area contributed by atoms with Gasteiger partial charge in [-0.15, -0.1) is 0 Å². The normalized spacial score (nSPS) is 11.5. The lowest BCUT2D eigenvalue weighted by Crippen LogP contribution is -2.30. The van der Waals surface area contributed by atoms with Crippen LogP contribution < -0.4 is 19.5 Å². The highest BCUT2D eigenvalue weighted by Crippen LogP contribution is 2.28. The van der Waals surface area contributed by atoms with Crippen LogP contribution in [0.15, 0.2) is 46.9 Å². The highest BCUT2D eigenvalue weighted by molar-refractivity contribution is 9.10. The SMILES string of the molecule is COc1cc(OC)cc(O[C@@H](C)C(=O)Nc2ccc(Br)cc2)c1. The first-order chi connectivity index (χ1) is 11.0. The van der Waals surface area contributed by atoms with Gasteiger partial charge in [0, 0.05) is 28.4 Å². The molecule has 1 N–H and O–H groups in total. The van der Waals surface area contributed by atoms with Crippen molar-refractivity contribution < 1.29 is 19.0 Å². The standard InChI is InChI=1S/C17H18BrNO4/c1-11(17(20)19-13-6-4-12(18)5-7-13)23-16-9-14(21-2)8-15(10-16)22-3/h4-11H,1-3H3,(H,19,20)/t11-/m0/s1. The molecule has 0 spiro atoms. The molecule has 5 nitrogen and oxygen atoms in total. The van der Waals surface area contributed by atoms with Gasteiger partial charge in [-0.1, -0.05) is 15.9 Å². The molecular formula is C17H18BrNO4. The maximum Gasteiger partial charge on any atom is 0.265 e. The van der Waals surface area contributed by atoms with Crippen LogP contribution in [-0.2, 0) is 4.79 Å². The fourth-order valence-corrected chi connectivity index (χ4v) is 2.15. The van der Waals surface area contributed by atoms with Gasteiger partial charge in [-0.2, -0.15) is 0 Å². The van der Waals surface area contributed by atoms with E-state index in [4.69, 9.17) is 14.2 Å². The molecule has 0 saturated carbocycles. The molecule has 0 aliphatic heterocycles. The number of hydrogen-bond acceptors (Lipinski definition) is 4. The number of hydrogen-bond donors (Lipinski definition) is 1. The average Bonchev–Trinajstić information content (AvgIpc) is 2.56. The monoisotopic (exact) mass is 379 g/mol. The molecule has 0 unspecified atom stereocenters. The summed E-state index contributed by atoms with van der Waals surface area (Å²) in [6, 6.07) is 12.5. The third-order valence-corrected chi connectivity index (χ3v) is 3.65. The Bertz CT molecular complexity index is 651. The quantitative estimate of drug-likeness (QED) is 0.827. The van der Waals surface area contributed by atoms with Crippen molar-refractivity contribution >= 4 is 27.5 Å². The Balaban J connectivity index is 2.04. The zero-order chi connectivity index (χ0) is 16.8. The molecule has 2 aromatic carbocycles. The van der Waals surface area contributed by atoms with Gasteiger partial charge in [-0.3, -0.25) is 4.79 Å². The summed E-state index contributed by atoms with van der Waals surface area (Å²) in [5.74, 6) is 1.45. The van der Waals surface area contributed by atoms with Crippen molar-refractivity contribution in [2.45, 2.75) is 13.0 Å². The summed E-state index contributed by atoms with van der Waals surface area (Å²) in [5.41, 5.74) is 0.705. The van der Waals surface area contributed by atoms with Crippen LogP contribution in [0.2, 0.25) is 0 Å². The summed E-state index contributed by atoms with van der Waals surface area (Å²) in [6.45, 7) is 1.68. The summed E-state index contributed by atoms with van der Waals surface area (Å²) in [5, 5.41) is 2.80. The predicted molar refractivity (Wildman–Crippen MR) is 92.4 cm³/mol. The summed E-state index contributed by atoms with van der Waals surface area (Å²) in [4.78, 5) is 12.2. The Hall–Kier alpha value is -2.21. The Kier molecular flexibility index (Phi) is 5.87.